The largest absolute Gasteiger partial charge is 0.455 e. The average molecular weight is 884 g/mol. The minimum atomic E-state index is -0.560. The van der Waals surface area contributed by atoms with Crippen LogP contribution in [-0.2, 0) is 5.41 Å². The molecule has 0 aliphatic heterocycles. The first kappa shape index (κ1) is 43.9. The van der Waals surface area contributed by atoms with E-state index in [0.717, 1.165) is 49.8 Å². The Morgan fingerprint density at radius 2 is 0.900 bits per heavy atom. The summed E-state index contributed by atoms with van der Waals surface area (Å²) in [7, 11) is 20.9. The molecule has 0 N–H and O–H groups in total. The molecule has 0 bridgehead atoms. The van der Waals surface area contributed by atoms with Crippen LogP contribution in [0.2, 0.25) is 0 Å². The van der Waals surface area contributed by atoms with Gasteiger partial charge in [-0.05, 0) is 85.8 Å². The number of fused-ring (bicyclic) bond motifs is 8. The predicted octanol–water partition coefficient (Wildman–Crippen LogP) is 0.232. The summed E-state index contributed by atoms with van der Waals surface area (Å²) in [5, 5.41) is 4.54. The molecule has 322 valence electrons. The number of hydrogen-bond donors (Lipinski definition) is 0. The van der Waals surface area contributed by atoms with E-state index in [2.05, 4.69) is 258 Å². The Hall–Kier alpha value is -7.36. The van der Waals surface area contributed by atoms with E-state index in [1.54, 1.807) is 0 Å². The zero-order valence-corrected chi connectivity index (χ0v) is 41.7. The van der Waals surface area contributed by atoms with Crippen LogP contribution in [0.1, 0.15) is 22.3 Å². The summed E-state index contributed by atoms with van der Waals surface area (Å²) < 4.78 is 6.84. The SMILES string of the molecule is Bc1c(B)c(B)c(-c2c(B)c(B)c(N(c3ccc4c(c3)C(c3ccccc3)(c3ccccc3)c3ccccc3-4)c3ccccc3-c3cccc4oc5c6ccccc6ccc5c34)c(B)c2B)c(B)c1B. The van der Waals surface area contributed by atoms with Crippen molar-refractivity contribution in [3.63, 3.8) is 0 Å². The van der Waals surface area contributed by atoms with E-state index in [-0.39, 0.29) is 0 Å². The summed E-state index contributed by atoms with van der Waals surface area (Å²) in [6.07, 6.45) is 0. The van der Waals surface area contributed by atoms with Crippen molar-refractivity contribution in [2.24, 2.45) is 0 Å². The molecule has 1 aliphatic carbocycles. The van der Waals surface area contributed by atoms with Gasteiger partial charge in [0.15, 0.2) is 0 Å². The lowest BCUT2D eigenvalue weighted by atomic mass is 9.56. The van der Waals surface area contributed by atoms with E-state index in [1.807, 2.05) is 0 Å². The third-order valence-corrected chi connectivity index (χ3v) is 16.6. The molecule has 0 saturated carbocycles. The van der Waals surface area contributed by atoms with Crippen molar-refractivity contribution in [3.05, 3.63) is 204 Å². The van der Waals surface area contributed by atoms with E-state index < -0.39 is 5.41 Å². The van der Waals surface area contributed by atoms with Gasteiger partial charge in [-0.15, -0.1) is 16.4 Å². The number of benzene rings is 10. The summed E-state index contributed by atoms with van der Waals surface area (Å²) in [6, 6.07) is 67.2. The highest BCUT2D eigenvalue weighted by molar-refractivity contribution is 6.71. The summed E-state index contributed by atoms with van der Waals surface area (Å²) in [6.45, 7) is 0. The van der Waals surface area contributed by atoms with Crippen LogP contribution in [0.5, 0.6) is 0 Å². The molecule has 0 saturated heterocycles. The fraction of sp³-hybridized carbons (Fsp3) is 0.0169. The zero-order chi connectivity index (χ0) is 48.2. The summed E-state index contributed by atoms with van der Waals surface area (Å²) in [5.74, 6) is 0. The van der Waals surface area contributed by atoms with E-state index in [4.69, 9.17) is 4.42 Å². The van der Waals surface area contributed by atoms with Gasteiger partial charge in [-0.3, -0.25) is 0 Å². The van der Waals surface area contributed by atoms with Gasteiger partial charge < -0.3 is 9.32 Å². The molecule has 11 heteroatoms. The molecule has 0 amide bonds. The van der Waals surface area contributed by atoms with Gasteiger partial charge in [0.1, 0.15) is 81.8 Å². The molecular weight excluding hydrogens is 836 g/mol. The quantitative estimate of drug-likeness (QED) is 0.214. The molecule has 0 spiro atoms. The molecule has 10 aromatic carbocycles. The van der Waals surface area contributed by atoms with E-state index >= 15 is 0 Å². The number of rotatable bonds is 7. The summed E-state index contributed by atoms with van der Waals surface area (Å²) in [4.78, 5) is 2.59. The van der Waals surface area contributed by atoms with Crippen LogP contribution >= 0.6 is 0 Å². The highest BCUT2D eigenvalue weighted by Crippen LogP contribution is 2.57. The Kier molecular flexibility index (Phi) is 10.4. The molecule has 11 aromatic rings. The summed E-state index contributed by atoms with van der Waals surface area (Å²) in [5.41, 5.74) is 29.3. The molecule has 1 aromatic heterocycles. The van der Waals surface area contributed by atoms with Crippen LogP contribution in [0.4, 0.5) is 17.1 Å². The fourth-order valence-electron chi connectivity index (χ4n) is 12.5. The van der Waals surface area contributed by atoms with Crippen LogP contribution in [0.15, 0.2) is 186 Å². The average Bonchev–Trinajstić information content (AvgIpc) is 3.94. The van der Waals surface area contributed by atoms with E-state index in [0.29, 0.717) is 0 Å². The Balaban J connectivity index is 1.18. The lowest BCUT2D eigenvalue weighted by molar-refractivity contribution is 0.673. The number of hydrogen-bond acceptors (Lipinski definition) is 2. The van der Waals surface area contributed by atoms with Gasteiger partial charge in [0.05, 0.1) is 11.1 Å². The Bertz CT molecular complexity index is 3870. The van der Waals surface area contributed by atoms with Gasteiger partial charge in [0.2, 0.25) is 0 Å². The minimum absolute atomic E-state index is 0.560. The van der Waals surface area contributed by atoms with Crippen LogP contribution < -0.4 is 54.1 Å². The van der Waals surface area contributed by atoms with Crippen LogP contribution in [0.25, 0.3) is 66.1 Å². The lowest BCUT2D eigenvalue weighted by Gasteiger charge is -2.37. The van der Waals surface area contributed by atoms with Crippen molar-refractivity contribution in [1.82, 2.24) is 0 Å². The number of furan rings is 1. The van der Waals surface area contributed by atoms with Crippen molar-refractivity contribution in [2.75, 3.05) is 4.90 Å². The smallest absolute Gasteiger partial charge is 0.143 e. The second-order valence-electron chi connectivity index (χ2n) is 19.8. The molecule has 0 fully saturated rings. The second-order valence-corrected chi connectivity index (χ2v) is 19.8. The van der Waals surface area contributed by atoms with Gasteiger partial charge in [0, 0.05) is 33.1 Å². The van der Waals surface area contributed by atoms with Gasteiger partial charge in [-0.1, -0.05) is 184 Å². The van der Waals surface area contributed by atoms with Gasteiger partial charge >= 0.3 is 0 Å². The van der Waals surface area contributed by atoms with Crippen LogP contribution in [-0.4, -0.2) is 70.6 Å². The highest BCUT2D eigenvalue weighted by atomic mass is 16.3. The monoisotopic (exact) mass is 885 g/mol. The normalized spacial score (nSPS) is 12.6. The molecule has 2 nitrogen and oxygen atoms in total. The minimum Gasteiger partial charge on any atom is -0.455 e. The molecule has 1 aliphatic rings. The van der Waals surface area contributed by atoms with Crippen molar-refractivity contribution in [3.8, 4) is 33.4 Å². The molecule has 1 heterocycles. The third kappa shape index (κ3) is 6.26. The fourth-order valence-corrected chi connectivity index (χ4v) is 12.5. The third-order valence-electron chi connectivity index (χ3n) is 16.6. The highest BCUT2D eigenvalue weighted by Gasteiger charge is 2.46. The van der Waals surface area contributed by atoms with Gasteiger partial charge in [0.25, 0.3) is 0 Å². The molecular formula is C59H48B9NO. The Morgan fingerprint density at radius 3 is 1.57 bits per heavy atom. The van der Waals surface area contributed by atoms with Gasteiger partial charge in [-0.25, -0.2) is 0 Å². The van der Waals surface area contributed by atoms with Crippen LogP contribution in [0, 0.1) is 0 Å². The van der Waals surface area contributed by atoms with Crippen molar-refractivity contribution in [1.29, 1.82) is 0 Å². The van der Waals surface area contributed by atoms with E-state index in [1.165, 1.54) is 105 Å². The maximum absolute atomic E-state index is 6.84. The Morgan fingerprint density at radius 1 is 0.371 bits per heavy atom. The lowest BCUT2D eigenvalue weighted by Crippen LogP contribution is -2.57. The maximum Gasteiger partial charge on any atom is 0.143 e. The van der Waals surface area contributed by atoms with Crippen molar-refractivity contribution < 1.29 is 4.42 Å². The zero-order valence-electron chi connectivity index (χ0n) is 41.7. The molecule has 70 heavy (non-hydrogen) atoms. The summed E-state index contributed by atoms with van der Waals surface area (Å²) >= 11 is 0. The molecule has 0 atom stereocenters. The number of nitrogens with zero attached hydrogens (tertiary/aromatic N) is 1. The maximum atomic E-state index is 6.84. The number of para-hydroxylation sites is 1. The first-order valence-corrected chi connectivity index (χ1v) is 24.8. The second kappa shape index (κ2) is 16.7. The van der Waals surface area contributed by atoms with Gasteiger partial charge in [-0.2, -0.15) is 0 Å². The predicted molar refractivity (Wildman–Crippen MR) is 328 cm³/mol. The molecule has 0 unspecified atom stereocenters. The van der Waals surface area contributed by atoms with Crippen molar-refractivity contribution >= 4 is 170 Å². The first-order valence-electron chi connectivity index (χ1n) is 24.8. The molecule has 12 rings (SSSR count). The first-order chi connectivity index (χ1) is 34.0. The molecule has 0 radical (unpaired) electrons. The van der Waals surface area contributed by atoms with Crippen molar-refractivity contribution in [2.45, 2.75) is 5.41 Å². The Labute approximate surface area is 419 Å². The van der Waals surface area contributed by atoms with E-state index in [9.17, 15) is 0 Å². The van der Waals surface area contributed by atoms with Crippen LogP contribution in [0.3, 0.4) is 0 Å². The standard InChI is InChI=1S/C59H48B9NO/c60-48-46(49(61)53(65)54(66)52(48)64)47-50(62)55(67)57(56(68)51(47)63)69(43-24-12-10-21-38(43)39-22-13-25-44-45(39)40-28-26-31-14-7-8-19-35(31)58(40)70-44)34-27-29-37-36-20-9-11-23-41(36)59(42(37)30-34,32-15-3-1-4-16-32)33-17-5-2-6-18-33/h1-30H,60-68H2. The topological polar surface area (TPSA) is 16.4 Å². The number of anilines is 3.